The van der Waals surface area contributed by atoms with Crippen LogP contribution < -0.4 is 5.32 Å². The zero-order valence-corrected chi connectivity index (χ0v) is 9.24. The Labute approximate surface area is 90.7 Å². The predicted molar refractivity (Wildman–Crippen MR) is 56.8 cm³/mol. The molecule has 14 heavy (non-hydrogen) atoms. The maximum absolute atomic E-state index is 8.85. The van der Waals surface area contributed by atoms with Gasteiger partial charge in [-0.3, -0.25) is 0 Å². The van der Waals surface area contributed by atoms with Crippen LogP contribution in [0.25, 0.3) is 0 Å². The molecule has 0 amide bonds. The summed E-state index contributed by atoms with van der Waals surface area (Å²) in [7, 11) is 0. The Hall–Kier alpha value is -1.12. The third kappa shape index (κ3) is 2.69. The van der Waals surface area contributed by atoms with E-state index in [2.05, 4.69) is 26.2 Å². The van der Waals surface area contributed by atoms with E-state index in [1.807, 2.05) is 13.0 Å². The second kappa shape index (κ2) is 4.94. The first-order valence-corrected chi connectivity index (χ1v) is 4.89. The molecule has 0 aliphatic heterocycles. The molecule has 0 aliphatic rings. The van der Waals surface area contributed by atoms with E-state index in [1.165, 1.54) is 0 Å². The highest BCUT2D eigenvalue weighted by atomic mass is 79.9. The van der Waals surface area contributed by atoms with Crippen LogP contribution in [0.3, 0.4) is 0 Å². The first kappa shape index (κ1) is 11.0. The monoisotopic (exact) mass is 255 g/mol. The fourth-order valence-electron chi connectivity index (χ4n) is 0.949. The number of aliphatic hydroxyl groups excluding tert-OH is 1. The molecule has 1 unspecified atom stereocenters. The summed E-state index contributed by atoms with van der Waals surface area (Å²) in [5, 5.41) is 20.6. The van der Waals surface area contributed by atoms with Crippen LogP contribution in [-0.4, -0.2) is 22.7 Å². The lowest BCUT2D eigenvalue weighted by molar-refractivity contribution is 0.281. The Bertz CT molecular complexity index is 362. The minimum Gasteiger partial charge on any atom is -0.394 e. The first-order valence-electron chi connectivity index (χ1n) is 4.10. The standard InChI is InChI=1S/C9H10BrN3O/c1-6(5-14)13-8-2-7(10)4-12-9(8)3-11/h2,4,6,13-14H,5H2,1H3. The van der Waals surface area contributed by atoms with Crippen LogP contribution in [0.1, 0.15) is 12.6 Å². The molecule has 0 saturated heterocycles. The third-order valence-electron chi connectivity index (χ3n) is 1.64. The van der Waals surface area contributed by atoms with Crippen LogP contribution in [0.5, 0.6) is 0 Å². The molecular formula is C9H10BrN3O. The zero-order valence-electron chi connectivity index (χ0n) is 7.66. The summed E-state index contributed by atoms with van der Waals surface area (Å²) in [5.74, 6) is 0. The van der Waals surface area contributed by atoms with Crippen molar-refractivity contribution in [1.29, 1.82) is 5.26 Å². The largest absolute Gasteiger partial charge is 0.394 e. The Kier molecular flexibility index (Phi) is 3.86. The van der Waals surface area contributed by atoms with Gasteiger partial charge in [0.05, 0.1) is 12.3 Å². The average molecular weight is 256 g/mol. The number of pyridine rings is 1. The second-order valence-electron chi connectivity index (χ2n) is 2.89. The molecule has 2 N–H and O–H groups in total. The molecule has 1 aromatic rings. The molecule has 4 nitrogen and oxygen atoms in total. The van der Waals surface area contributed by atoms with Crippen LogP contribution >= 0.6 is 15.9 Å². The molecule has 5 heteroatoms. The van der Waals surface area contributed by atoms with Crippen molar-refractivity contribution in [3.8, 4) is 6.07 Å². The van der Waals surface area contributed by atoms with Gasteiger partial charge in [0, 0.05) is 16.7 Å². The van der Waals surface area contributed by atoms with Crippen molar-refractivity contribution in [2.24, 2.45) is 0 Å². The number of rotatable bonds is 3. The topological polar surface area (TPSA) is 68.9 Å². The molecule has 74 valence electrons. The lowest BCUT2D eigenvalue weighted by Crippen LogP contribution is -2.20. The number of halogens is 1. The summed E-state index contributed by atoms with van der Waals surface area (Å²) in [4.78, 5) is 3.93. The predicted octanol–water partition coefficient (Wildman–Crippen LogP) is 1.51. The van der Waals surface area contributed by atoms with Crippen molar-refractivity contribution >= 4 is 21.6 Å². The van der Waals surface area contributed by atoms with Crippen LogP contribution in [0.4, 0.5) is 5.69 Å². The summed E-state index contributed by atoms with van der Waals surface area (Å²) in [6, 6.07) is 3.64. The number of nitrogens with one attached hydrogen (secondary N) is 1. The average Bonchev–Trinajstić information content (AvgIpc) is 2.18. The van der Waals surface area contributed by atoms with Crippen molar-refractivity contribution < 1.29 is 5.11 Å². The van der Waals surface area contributed by atoms with E-state index in [0.717, 1.165) is 4.47 Å². The van der Waals surface area contributed by atoms with Crippen LogP contribution in [-0.2, 0) is 0 Å². The van der Waals surface area contributed by atoms with Gasteiger partial charge in [0.2, 0.25) is 0 Å². The number of aliphatic hydroxyl groups is 1. The number of aromatic nitrogens is 1. The highest BCUT2D eigenvalue weighted by Crippen LogP contribution is 2.18. The van der Waals surface area contributed by atoms with Gasteiger partial charge < -0.3 is 10.4 Å². The number of hydrogen-bond acceptors (Lipinski definition) is 4. The van der Waals surface area contributed by atoms with E-state index >= 15 is 0 Å². The third-order valence-corrected chi connectivity index (χ3v) is 2.07. The van der Waals surface area contributed by atoms with E-state index in [1.54, 1.807) is 12.3 Å². The van der Waals surface area contributed by atoms with Gasteiger partial charge in [-0.15, -0.1) is 0 Å². The Morgan fingerprint density at radius 2 is 2.50 bits per heavy atom. The highest BCUT2D eigenvalue weighted by molar-refractivity contribution is 9.10. The van der Waals surface area contributed by atoms with Gasteiger partial charge in [-0.1, -0.05) is 0 Å². The molecular weight excluding hydrogens is 246 g/mol. The van der Waals surface area contributed by atoms with Gasteiger partial charge in [0.25, 0.3) is 0 Å². The van der Waals surface area contributed by atoms with E-state index in [0.29, 0.717) is 11.4 Å². The van der Waals surface area contributed by atoms with E-state index in [9.17, 15) is 0 Å². The van der Waals surface area contributed by atoms with Crippen LogP contribution in [0, 0.1) is 11.3 Å². The zero-order chi connectivity index (χ0) is 10.6. The maximum Gasteiger partial charge on any atom is 0.163 e. The Morgan fingerprint density at radius 3 is 3.07 bits per heavy atom. The van der Waals surface area contributed by atoms with Gasteiger partial charge in [0.1, 0.15) is 6.07 Å². The molecule has 0 saturated carbocycles. The van der Waals surface area contributed by atoms with E-state index < -0.39 is 0 Å². The lowest BCUT2D eigenvalue weighted by Gasteiger charge is -2.12. The van der Waals surface area contributed by atoms with Crippen molar-refractivity contribution in [3.05, 3.63) is 22.4 Å². The molecule has 0 spiro atoms. The summed E-state index contributed by atoms with van der Waals surface area (Å²) in [5.41, 5.74) is 0.955. The summed E-state index contributed by atoms with van der Waals surface area (Å²) >= 11 is 3.26. The summed E-state index contributed by atoms with van der Waals surface area (Å²) in [6.45, 7) is 1.83. The molecule has 0 radical (unpaired) electrons. The summed E-state index contributed by atoms with van der Waals surface area (Å²) < 4.78 is 0.795. The number of nitrogens with zero attached hydrogens (tertiary/aromatic N) is 2. The first-order chi connectivity index (χ1) is 6.67. The molecule has 0 aliphatic carbocycles. The summed E-state index contributed by atoms with van der Waals surface area (Å²) in [6.07, 6.45) is 1.56. The fraction of sp³-hybridized carbons (Fsp3) is 0.333. The van der Waals surface area contributed by atoms with E-state index in [-0.39, 0.29) is 12.6 Å². The van der Waals surface area contributed by atoms with E-state index in [4.69, 9.17) is 10.4 Å². The maximum atomic E-state index is 8.85. The Balaban J connectivity index is 2.94. The van der Waals surface area contributed by atoms with Crippen molar-refractivity contribution in [1.82, 2.24) is 4.98 Å². The number of anilines is 1. The van der Waals surface area contributed by atoms with Gasteiger partial charge in [-0.25, -0.2) is 4.98 Å². The minimum absolute atomic E-state index is 0.0113. The van der Waals surface area contributed by atoms with Crippen molar-refractivity contribution in [3.63, 3.8) is 0 Å². The second-order valence-corrected chi connectivity index (χ2v) is 3.81. The Morgan fingerprint density at radius 1 is 1.79 bits per heavy atom. The molecule has 1 aromatic heterocycles. The van der Waals surface area contributed by atoms with Gasteiger partial charge in [-0.2, -0.15) is 5.26 Å². The highest BCUT2D eigenvalue weighted by Gasteiger charge is 2.06. The van der Waals surface area contributed by atoms with Crippen molar-refractivity contribution in [2.45, 2.75) is 13.0 Å². The number of nitriles is 1. The quantitative estimate of drug-likeness (QED) is 0.860. The van der Waals surface area contributed by atoms with Crippen LogP contribution in [0.2, 0.25) is 0 Å². The van der Waals surface area contributed by atoms with Crippen molar-refractivity contribution in [2.75, 3.05) is 11.9 Å². The lowest BCUT2D eigenvalue weighted by atomic mass is 10.2. The van der Waals surface area contributed by atoms with Gasteiger partial charge >= 0.3 is 0 Å². The minimum atomic E-state index is -0.0989. The normalized spacial score (nSPS) is 11.9. The molecule has 1 rings (SSSR count). The SMILES string of the molecule is CC(CO)Nc1cc(Br)cnc1C#N. The smallest absolute Gasteiger partial charge is 0.163 e. The molecule has 0 fully saturated rings. The fourth-order valence-corrected chi connectivity index (χ4v) is 1.28. The molecule has 0 bridgehead atoms. The van der Waals surface area contributed by atoms with Gasteiger partial charge in [-0.05, 0) is 28.9 Å². The molecule has 1 heterocycles. The number of hydrogen-bond donors (Lipinski definition) is 2. The van der Waals surface area contributed by atoms with Crippen LogP contribution in [0.15, 0.2) is 16.7 Å². The molecule has 0 aromatic carbocycles. The van der Waals surface area contributed by atoms with Gasteiger partial charge in [0.15, 0.2) is 5.69 Å². The molecule has 1 atom stereocenters.